The van der Waals surface area contributed by atoms with Crippen LogP contribution in [0, 0.1) is 6.92 Å². The minimum Gasteiger partial charge on any atom is -0.465 e. The van der Waals surface area contributed by atoms with Crippen LogP contribution in [0.5, 0.6) is 0 Å². The summed E-state index contributed by atoms with van der Waals surface area (Å²) >= 11 is 3.21. The first kappa shape index (κ1) is 19.0. The molecule has 0 spiro atoms. The number of carbonyl (C=O) groups excluding carboxylic acids is 1. The SMILES string of the molecule is COC(=O)c1cc(S(=O)(=O)Nc2cccc(-n3nnnc3C)c2)ccc1Br. The molecule has 0 aliphatic carbocycles. The molecule has 3 aromatic rings. The Labute approximate surface area is 163 Å². The normalized spacial score (nSPS) is 11.2. The number of hydrogen-bond acceptors (Lipinski definition) is 7. The van der Waals surface area contributed by atoms with Gasteiger partial charge in [0.25, 0.3) is 10.0 Å². The molecule has 1 aromatic heterocycles. The highest BCUT2D eigenvalue weighted by Gasteiger charge is 2.19. The van der Waals surface area contributed by atoms with Crippen molar-refractivity contribution in [2.75, 3.05) is 11.8 Å². The number of tetrazole rings is 1. The van der Waals surface area contributed by atoms with Crippen LogP contribution < -0.4 is 4.72 Å². The number of halogens is 1. The van der Waals surface area contributed by atoms with Crippen molar-refractivity contribution in [3.05, 3.63) is 58.3 Å². The molecule has 3 rings (SSSR count). The van der Waals surface area contributed by atoms with Gasteiger partial charge in [0.2, 0.25) is 0 Å². The van der Waals surface area contributed by atoms with Crippen molar-refractivity contribution in [2.45, 2.75) is 11.8 Å². The fourth-order valence-corrected chi connectivity index (χ4v) is 3.81. The molecule has 0 saturated carbocycles. The summed E-state index contributed by atoms with van der Waals surface area (Å²) in [6, 6.07) is 10.7. The summed E-state index contributed by atoms with van der Waals surface area (Å²) < 4.78 is 34.5. The smallest absolute Gasteiger partial charge is 0.339 e. The molecule has 140 valence electrons. The van der Waals surface area contributed by atoms with Crippen LogP contribution in [-0.2, 0) is 14.8 Å². The molecular weight excluding hydrogens is 438 g/mol. The maximum atomic E-state index is 12.7. The fraction of sp³-hybridized carbons (Fsp3) is 0.125. The van der Waals surface area contributed by atoms with E-state index in [1.807, 2.05) is 0 Å². The Balaban J connectivity index is 1.94. The lowest BCUT2D eigenvalue weighted by atomic mass is 10.2. The van der Waals surface area contributed by atoms with Gasteiger partial charge in [0.05, 0.1) is 28.9 Å². The number of methoxy groups -OCH3 is 1. The molecule has 0 atom stereocenters. The number of rotatable bonds is 5. The van der Waals surface area contributed by atoms with E-state index in [0.717, 1.165) is 0 Å². The summed E-state index contributed by atoms with van der Waals surface area (Å²) in [5, 5.41) is 11.2. The minimum atomic E-state index is -3.93. The van der Waals surface area contributed by atoms with E-state index in [4.69, 9.17) is 0 Å². The molecule has 9 nitrogen and oxygen atoms in total. The predicted molar refractivity (Wildman–Crippen MR) is 100 cm³/mol. The van der Waals surface area contributed by atoms with E-state index in [9.17, 15) is 13.2 Å². The lowest BCUT2D eigenvalue weighted by Crippen LogP contribution is -2.14. The average molecular weight is 452 g/mol. The van der Waals surface area contributed by atoms with Crippen molar-refractivity contribution in [3.63, 3.8) is 0 Å². The molecule has 0 bridgehead atoms. The first-order chi connectivity index (χ1) is 12.8. The minimum absolute atomic E-state index is 0.0740. The van der Waals surface area contributed by atoms with E-state index in [1.54, 1.807) is 31.2 Å². The third kappa shape index (κ3) is 3.98. The molecule has 11 heteroatoms. The molecule has 0 fully saturated rings. The predicted octanol–water partition coefficient (Wildman–Crippen LogP) is 2.32. The van der Waals surface area contributed by atoms with Crippen molar-refractivity contribution in [1.29, 1.82) is 0 Å². The summed E-state index contributed by atoms with van der Waals surface area (Å²) in [6.07, 6.45) is 0. The van der Waals surface area contributed by atoms with Crippen LogP contribution >= 0.6 is 15.9 Å². The molecule has 2 aromatic carbocycles. The number of ether oxygens (including phenoxy) is 1. The van der Waals surface area contributed by atoms with Crippen molar-refractivity contribution < 1.29 is 17.9 Å². The van der Waals surface area contributed by atoms with Gasteiger partial charge in [-0.2, -0.15) is 4.68 Å². The maximum absolute atomic E-state index is 12.7. The van der Waals surface area contributed by atoms with E-state index >= 15 is 0 Å². The molecule has 27 heavy (non-hydrogen) atoms. The number of aryl methyl sites for hydroxylation is 1. The second-order valence-corrected chi connectivity index (χ2v) is 7.96. The van der Waals surface area contributed by atoms with Gasteiger partial charge in [0.15, 0.2) is 5.82 Å². The van der Waals surface area contributed by atoms with E-state index in [2.05, 4.69) is 40.9 Å². The molecule has 1 N–H and O–H groups in total. The monoisotopic (exact) mass is 451 g/mol. The molecule has 0 radical (unpaired) electrons. The van der Waals surface area contributed by atoms with Gasteiger partial charge in [-0.3, -0.25) is 4.72 Å². The highest BCUT2D eigenvalue weighted by atomic mass is 79.9. The molecule has 0 amide bonds. The van der Waals surface area contributed by atoms with E-state index < -0.39 is 16.0 Å². The first-order valence-corrected chi connectivity index (χ1v) is 9.85. The Morgan fingerprint density at radius 1 is 1.22 bits per heavy atom. The third-order valence-electron chi connectivity index (χ3n) is 3.62. The van der Waals surface area contributed by atoms with Crippen LogP contribution in [0.25, 0.3) is 5.69 Å². The fourth-order valence-electron chi connectivity index (χ4n) is 2.32. The van der Waals surface area contributed by atoms with Gasteiger partial charge in [-0.25, -0.2) is 13.2 Å². The average Bonchev–Trinajstić information content (AvgIpc) is 3.07. The number of aromatic nitrogens is 4. The molecule has 1 heterocycles. The first-order valence-electron chi connectivity index (χ1n) is 7.58. The van der Waals surface area contributed by atoms with Crippen molar-refractivity contribution in [1.82, 2.24) is 20.2 Å². The van der Waals surface area contributed by atoms with Crippen LogP contribution in [0.4, 0.5) is 5.69 Å². The molecule has 0 saturated heterocycles. The number of hydrogen-bond donors (Lipinski definition) is 1. The van der Waals surface area contributed by atoms with E-state index in [-0.39, 0.29) is 10.5 Å². The quantitative estimate of drug-likeness (QED) is 0.591. The second-order valence-electron chi connectivity index (χ2n) is 5.43. The number of nitrogens with one attached hydrogen (secondary N) is 1. The standard InChI is InChI=1S/C16H14BrN5O4S/c1-10-18-20-21-22(10)12-5-3-4-11(8-12)19-27(24,25)13-6-7-15(17)14(9-13)16(23)26-2/h3-9,19H,1-2H3. The number of esters is 1. The van der Waals surface area contributed by atoms with Gasteiger partial charge in [-0.15, -0.1) is 5.10 Å². The number of nitrogens with zero attached hydrogens (tertiary/aromatic N) is 4. The van der Waals surface area contributed by atoms with Gasteiger partial charge in [0.1, 0.15) is 0 Å². The summed E-state index contributed by atoms with van der Waals surface area (Å²) in [7, 11) is -2.71. The van der Waals surface area contributed by atoms with Gasteiger partial charge >= 0.3 is 5.97 Å². The van der Waals surface area contributed by atoms with Crippen LogP contribution in [0.15, 0.2) is 51.8 Å². The van der Waals surface area contributed by atoms with E-state index in [1.165, 1.54) is 30.0 Å². The van der Waals surface area contributed by atoms with Crippen LogP contribution in [-0.4, -0.2) is 41.7 Å². The van der Waals surface area contributed by atoms with Gasteiger partial charge in [0, 0.05) is 4.47 Å². The Morgan fingerprint density at radius 3 is 2.67 bits per heavy atom. The number of carbonyl (C=O) groups is 1. The van der Waals surface area contributed by atoms with Gasteiger partial charge in [-0.1, -0.05) is 6.07 Å². The Kier molecular flexibility index (Phi) is 5.24. The second kappa shape index (κ2) is 7.45. The lowest BCUT2D eigenvalue weighted by molar-refractivity contribution is 0.0599. The van der Waals surface area contributed by atoms with Crippen LogP contribution in [0.3, 0.4) is 0 Å². The highest BCUT2D eigenvalue weighted by molar-refractivity contribution is 9.10. The number of sulfonamides is 1. The topological polar surface area (TPSA) is 116 Å². The summed E-state index contributed by atoms with van der Waals surface area (Å²) in [5.74, 6) is -0.0827. The lowest BCUT2D eigenvalue weighted by Gasteiger charge is -2.11. The van der Waals surface area contributed by atoms with Gasteiger partial charge < -0.3 is 4.74 Å². The summed E-state index contributed by atoms with van der Waals surface area (Å²) in [6.45, 7) is 1.73. The van der Waals surface area contributed by atoms with E-state index in [0.29, 0.717) is 21.7 Å². The molecule has 0 aliphatic rings. The van der Waals surface area contributed by atoms with Crippen LogP contribution in [0.1, 0.15) is 16.2 Å². The largest absolute Gasteiger partial charge is 0.465 e. The Morgan fingerprint density at radius 2 is 2.00 bits per heavy atom. The van der Waals surface area contributed by atoms with Crippen LogP contribution in [0.2, 0.25) is 0 Å². The summed E-state index contributed by atoms with van der Waals surface area (Å²) in [4.78, 5) is 11.7. The van der Waals surface area contributed by atoms with Crippen molar-refractivity contribution >= 4 is 37.6 Å². The Hall–Kier alpha value is -2.79. The summed E-state index contributed by atoms with van der Waals surface area (Å²) in [5.41, 5.74) is 1.03. The Bertz CT molecular complexity index is 1110. The molecule has 0 aliphatic heterocycles. The third-order valence-corrected chi connectivity index (χ3v) is 5.69. The highest BCUT2D eigenvalue weighted by Crippen LogP contribution is 2.24. The number of benzene rings is 2. The van der Waals surface area contributed by atoms with Crippen molar-refractivity contribution in [2.24, 2.45) is 0 Å². The zero-order chi connectivity index (χ0) is 19.6. The molecular formula is C16H14BrN5O4S. The zero-order valence-electron chi connectivity index (χ0n) is 14.2. The zero-order valence-corrected chi connectivity index (χ0v) is 16.7. The number of anilines is 1. The van der Waals surface area contributed by atoms with Gasteiger partial charge in [-0.05, 0) is 69.7 Å². The molecule has 0 unspecified atom stereocenters. The maximum Gasteiger partial charge on any atom is 0.339 e. The van der Waals surface area contributed by atoms with Crippen molar-refractivity contribution in [3.8, 4) is 5.69 Å².